The Balaban J connectivity index is 2.47. The van der Waals surface area contributed by atoms with Crippen LogP contribution in [0.2, 0.25) is 0 Å². The molecule has 1 aromatic carbocycles. The molecule has 0 aliphatic carbocycles. The van der Waals surface area contributed by atoms with E-state index in [0.29, 0.717) is 5.04 Å². The minimum atomic E-state index is 0.283. The average Bonchev–Trinajstić information content (AvgIpc) is 2.62. The van der Waals surface area contributed by atoms with Gasteiger partial charge in [0.25, 0.3) is 0 Å². The Morgan fingerprint density at radius 3 is 2.64 bits per heavy atom. The molecule has 0 bridgehead atoms. The molecule has 0 saturated heterocycles. The molecular formula is C10H11NO2S. The molecule has 1 aromatic rings. The van der Waals surface area contributed by atoms with Crippen LogP contribution in [0.15, 0.2) is 12.1 Å². The van der Waals surface area contributed by atoms with Crippen LogP contribution in [0.3, 0.4) is 0 Å². The summed E-state index contributed by atoms with van der Waals surface area (Å²) in [5.74, 6) is 1.52. The highest BCUT2D eigenvalue weighted by Crippen LogP contribution is 2.35. The molecule has 1 aliphatic rings. The van der Waals surface area contributed by atoms with E-state index in [0.717, 1.165) is 22.6 Å². The number of fused-ring (bicyclic) bond motifs is 1. The van der Waals surface area contributed by atoms with Crippen molar-refractivity contribution in [3.05, 3.63) is 23.3 Å². The first-order chi connectivity index (χ1) is 6.72. The van der Waals surface area contributed by atoms with Crippen LogP contribution in [0.1, 0.15) is 11.1 Å². The van der Waals surface area contributed by atoms with Crippen LogP contribution in [-0.2, 0) is 0 Å². The lowest BCUT2D eigenvalue weighted by molar-refractivity contribution is 0.174. The molecule has 0 saturated carbocycles. The molecule has 0 unspecified atom stereocenters. The fraction of sp³-hybridized carbons (Fsp3) is 0.300. The summed E-state index contributed by atoms with van der Waals surface area (Å²) in [6, 6.07) is 3.79. The van der Waals surface area contributed by atoms with Gasteiger partial charge in [0, 0.05) is 5.56 Å². The molecule has 1 heterocycles. The number of ether oxygens (including phenoxy) is 2. The molecule has 0 amide bonds. The molecule has 14 heavy (non-hydrogen) atoms. The maximum absolute atomic E-state index is 7.75. The highest BCUT2D eigenvalue weighted by molar-refractivity contribution is 8.13. The van der Waals surface area contributed by atoms with E-state index in [1.807, 2.05) is 25.3 Å². The van der Waals surface area contributed by atoms with Crippen molar-refractivity contribution >= 4 is 16.8 Å². The zero-order valence-electron chi connectivity index (χ0n) is 8.09. The second-order valence-electron chi connectivity index (χ2n) is 3.05. The first-order valence-corrected chi connectivity index (χ1v) is 5.48. The minimum Gasteiger partial charge on any atom is -0.454 e. The molecule has 0 spiro atoms. The Morgan fingerprint density at radius 1 is 1.36 bits per heavy atom. The van der Waals surface area contributed by atoms with Gasteiger partial charge in [-0.2, -0.15) is 0 Å². The minimum absolute atomic E-state index is 0.283. The van der Waals surface area contributed by atoms with Crippen LogP contribution in [0.4, 0.5) is 0 Å². The van der Waals surface area contributed by atoms with Crippen molar-refractivity contribution in [2.45, 2.75) is 6.92 Å². The third-order valence-corrected chi connectivity index (χ3v) is 2.80. The average molecular weight is 209 g/mol. The topological polar surface area (TPSA) is 42.3 Å². The summed E-state index contributed by atoms with van der Waals surface area (Å²) in [4.78, 5) is 0. The lowest BCUT2D eigenvalue weighted by atomic mass is 10.1. The molecule has 1 N–H and O–H groups in total. The quantitative estimate of drug-likeness (QED) is 0.570. The number of rotatable bonds is 1. The van der Waals surface area contributed by atoms with Crippen LogP contribution in [0.25, 0.3) is 0 Å². The summed E-state index contributed by atoms with van der Waals surface area (Å²) in [6.45, 7) is 2.26. The summed E-state index contributed by atoms with van der Waals surface area (Å²) in [5.41, 5.74) is 1.97. The van der Waals surface area contributed by atoms with Gasteiger partial charge in [-0.3, -0.25) is 5.41 Å². The predicted molar refractivity (Wildman–Crippen MR) is 57.6 cm³/mol. The van der Waals surface area contributed by atoms with E-state index >= 15 is 0 Å². The van der Waals surface area contributed by atoms with Gasteiger partial charge >= 0.3 is 0 Å². The summed E-state index contributed by atoms with van der Waals surface area (Å²) < 4.78 is 10.5. The third kappa shape index (κ3) is 1.46. The molecule has 0 aromatic heterocycles. The van der Waals surface area contributed by atoms with E-state index in [9.17, 15) is 0 Å². The van der Waals surface area contributed by atoms with Gasteiger partial charge in [0.15, 0.2) is 11.5 Å². The fourth-order valence-electron chi connectivity index (χ4n) is 1.40. The molecular weight excluding hydrogens is 198 g/mol. The van der Waals surface area contributed by atoms with Crippen molar-refractivity contribution in [3.63, 3.8) is 0 Å². The van der Waals surface area contributed by atoms with Gasteiger partial charge in [0.2, 0.25) is 6.79 Å². The Bertz CT molecular complexity index is 390. The molecule has 4 heteroatoms. The Hall–Kier alpha value is -1.16. The molecule has 74 valence electrons. The van der Waals surface area contributed by atoms with E-state index in [2.05, 4.69) is 0 Å². The van der Waals surface area contributed by atoms with E-state index in [1.165, 1.54) is 11.8 Å². The van der Waals surface area contributed by atoms with Crippen LogP contribution in [0.5, 0.6) is 11.5 Å². The van der Waals surface area contributed by atoms with E-state index in [1.54, 1.807) is 0 Å². The molecule has 1 aliphatic heterocycles. The molecule has 3 nitrogen and oxygen atoms in total. The Kier molecular flexibility index (Phi) is 2.37. The number of benzene rings is 1. The number of thioether (sulfide) groups is 1. The highest BCUT2D eigenvalue weighted by atomic mass is 32.2. The van der Waals surface area contributed by atoms with Crippen LogP contribution >= 0.6 is 11.8 Å². The number of hydrogen-bond donors (Lipinski definition) is 1. The fourth-order valence-corrected chi connectivity index (χ4v) is 1.84. The molecule has 0 atom stereocenters. The van der Waals surface area contributed by atoms with E-state index in [4.69, 9.17) is 14.9 Å². The van der Waals surface area contributed by atoms with E-state index < -0.39 is 0 Å². The van der Waals surface area contributed by atoms with Crippen molar-refractivity contribution in [2.75, 3.05) is 13.0 Å². The van der Waals surface area contributed by atoms with Gasteiger partial charge in [-0.25, -0.2) is 0 Å². The smallest absolute Gasteiger partial charge is 0.231 e. The van der Waals surface area contributed by atoms with Crippen molar-refractivity contribution < 1.29 is 9.47 Å². The maximum atomic E-state index is 7.75. The zero-order chi connectivity index (χ0) is 10.1. The largest absolute Gasteiger partial charge is 0.454 e. The van der Waals surface area contributed by atoms with Gasteiger partial charge in [-0.15, -0.1) is 11.8 Å². The highest BCUT2D eigenvalue weighted by Gasteiger charge is 2.16. The monoisotopic (exact) mass is 209 g/mol. The Labute approximate surface area is 86.9 Å². The summed E-state index contributed by atoms with van der Waals surface area (Å²) >= 11 is 1.42. The maximum Gasteiger partial charge on any atom is 0.231 e. The first kappa shape index (κ1) is 9.40. The van der Waals surface area contributed by atoms with Gasteiger partial charge in [-0.05, 0) is 30.9 Å². The van der Waals surface area contributed by atoms with Crippen molar-refractivity contribution in [3.8, 4) is 11.5 Å². The second kappa shape index (κ2) is 3.53. The summed E-state index contributed by atoms with van der Waals surface area (Å²) in [5, 5.41) is 8.30. The molecule has 0 radical (unpaired) electrons. The first-order valence-electron chi connectivity index (χ1n) is 4.25. The zero-order valence-corrected chi connectivity index (χ0v) is 8.90. The number of hydrogen-bond acceptors (Lipinski definition) is 4. The standard InChI is InChI=1S/C10H11NO2S/c1-6-3-8-9(13-5-12-8)4-7(6)10(11)14-2/h3-4,11H,5H2,1-2H3. The Morgan fingerprint density at radius 2 is 2.00 bits per heavy atom. The van der Waals surface area contributed by atoms with Gasteiger partial charge in [0.1, 0.15) is 0 Å². The molecule has 0 fully saturated rings. The van der Waals surface area contributed by atoms with Crippen LogP contribution < -0.4 is 9.47 Å². The lowest BCUT2D eigenvalue weighted by Crippen LogP contribution is -1.96. The normalized spacial score (nSPS) is 13.0. The van der Waals surface area contributed by atoms with Gasteiger partial charge < -0.3 is 9.47 Å². The van der Waals surface area contributed by atoms with E-state index in [-0.39, 0.29) is 6.79 Å². The van der Waals surface area contributed by atoms with Gasteiger partial charge in [0.05, 0.1) is 5.04 Å². The SMILES string of the molecule is CSC(=N)c1cc2c(cc1C)OCO2. The van der Waals surface area contributed by atoms with Crippen LogP contribution in [-0.4, -0.2) is 18.1 Å². The number of nitrogens with one attached hydrogen (secondary N) is 1. The lowest BCUT2D eigenvalue weighted by Gasteiger charge is -2.06. The third-order valence-electron chi connectivity index (χ3n) is 2.17. The van der Waals surface area contributed by atoms with Crippen molar-refractivity contribution in [2.24, 2.45) is 0 Å². The van der Waals surface area contributed by atoms with Crippen molar-refractivity contribution in [1.29, 1.82) is 5.41 Å². The van der Waals surface area contributed by atoms with Crippen LogP contribution in [0, 0.1) is 12.3 Å². The summed E-state index contributed by atoms with van der Waals surface area (Å²) in [6.07, 6.45) is 1.90. The second-order valence-corrected chi connectivity index (χ2v) is 3.87. The predicted octanol–water partition coefficient (Wildman–Crippen LogP) is 2.41. The van der Waals surface area contributed by atoms with Crippen molar-refractivity contribution in [1.82, 2.24) is 0 Å². The van der Waals surface area contributed by atoms with Gasteiger partial charge in [-0.1, -0.05) is 0 Å². The molecule has 2 rings (SSSR count). The number of aryl methyl sites for hydroxylation is 1. The summed E-state index contributed by atoms with van der Waals surface area (Å²) in [7, 11) is 0.